The first-order valence-electron chi connectivity index (χ1n) is 7.94. The number of aromatic carboxylic acids is 1. The summed E-state index contributed by atoms with van der Waals surface area (Å²) in [6.07, 6.45) is 0.172. The van der Waals surface area contributed by atoms with Gasteiger partial charge in [0.1, 0.15) is 0 Å². The van der Waals surface area contributed by atoms with E-state index in [-0.39, 0.29) is 23.3 Å². The molecular formula is C20H23NO3. The molecule has 24 heavy (non-hydrogen) atoms. The van der Waals surface area contributed by atoms with Crippen LogP contribution in [0.3, 0.4) is 0 Å². The first kappa shape index (κ1) is 17.7. The number of hydrogen-bond donors (Lipinski definition) is 2. The smallest absolute Gasteiger partial charge is 0.335 e. The van der Waals surface area contributed by atoms with Crippen molar-refractivity contribution in [3.63, 3.8) is 0 Å². The molecule has 2 rings (SSSR count). The summed E-state index contributed by atoms with van der Waals surface area (Å²) in [6.45, 7) is 6.75. The second-order valence-electron chi connectivity index (χ2n) is 6.71. The van der Waals surface area contributed by atoms with Crippen LogP contribution >= 0.6 is 0 Å². The number of amides is 1. The molecule has 0 heterocycles. The van der Waals surface area contributed by atoms with Gasteiger partial charge in [0.05, 0.1) is 12.0 Å². The van der Waals surface area contributed by atoms with Crippen molar-refractivity contribution >= 4 is 11.9 Å². The van der Waals surface area contributed by atoms with Crippen molar-refractivity contribution in [1.29, 1.82) is 0 Å². The van der Waals surface area contributed by atoms with Crippen LogP contribution in [0.25, 0.3) is 0 Å². The second-order valence-corrected chi connectivity index (χ2v) is 6.71. The summed E-state index contributed by atoms with van der Waals surface area (Å²) in [5.41, 5.74) is 3.08. The van der Waals surface area contributed by atoms with Crippen molar-refractivity contribution in [2.75, 3.05) is 6.54 Å². The number of carboxylic acids is 1. The molecule has 0 bridgehead atoms. The van der Waals surface area contributed by atoms with Gasteiger partial charge in [-0.25, -0.2) is 4.79 Å². The molecule has 0 atom stereocenters. The van der Waals surface area contributed by atoms with E-state index in [9.17, 15) is 9.59 Å². The van der Waals surface area contributed by atoms with Crippen molar-refractivity contribution in [1.82, 2.24) is 5.32 Å². The van der Waals surface area contributed by atoms with Crippen LogP contribution in [0, 0.1) is 6.92 Å². The zero-order chi connectivity index (χ0) is 17.7. The number of carbonyl (C=O) groups excluding carboxylic acids is 1. The Hall–Kier alpha value is -2.62. The topological polar surface area (TPSA) is 66.4 Å². The molecule has 0 aliphatic rings. The average Bonchev–Trinajstić information content (AvgIpc) is 2.53. The van der Waals surface area contributed by atoms with Crippen molar-refractivity contribution < 1.29 is 14.7 Å². The van der Waals surface area contributed by atoms with E-state index < -0.39 is 5.97 Å². The Morgan fingerprint density at radius 1 is 1.08 bits per heavy atom. The van der Waals surface area contributed by atoms with E-state index in [1.54, 1.807) is 12.1 Å². The number of carboxylic acid groups (broad SMARTS) is 1. The fraction of sp³-hybridized carbons (Fsp3) is 0.300. The molecule has 0 aliphatic heterocycles. The highest BCUT2D eigenvalue weighted by molar-refractivity contribution is 5.88. The zero-order valence-electron chi connectivity index (χ0n) is 14.3. The SMILES string of the molecule is Cc1cccc(C(C)(C)CNC(=O)Cc2cccc(C(=O)O)c2)c1. The van der Waals surface area contributed by atoms with E-state index in [4.69, 9.17) is 5.11 Å². The number of rotatable bonds is 6. The highest BCUT2D eigenvalue weighted by Crippen LogP contribution is 2.23. The third-order valence-corrected chi connectivity index (χ3v) is 4.07. The van der Waals surface area contributed by atoms with Gasteiger partial charge in [-0.15, -0.1) is 0 Å². The van der Waals surface area contributed by atoms with Crippen LogP contribution in [0.1, 0.15) is 40.9 Å². The van der Waals surface area contributed by atoms with Crippen LogP contribution in [-0.2, 0) is 16.6 Å². The molecule has 126 valence electrons. The van der Waals surface area contributed by atoms with E-state index >= 15 is 0 Å². The van der Waals surface area contributed by atoms with Crippen molar-refractivity contribution in [3.05, 3.63) is 70.8 Å². The molecule has 0 aliphatic carbocycles. The van der Waals surface area contributed by atoms with Crippen LogP contribution in [0.4, 0.5) is 0 Å². The fourth-order valence-corrected chi connectivity index (χ4v) is 2.55. The van der Waals surface area contributed by atoms with E-state index in [2.05, 4.69) is 31.3 Å². The lowest BCUT2D eigenvalue weighted by atomic mass is 9.84. The summed E-state index contributed by atoms with van der Waals surface area (Å²) in [7, 11) is 0. The maximum absolute atomic E-state index is 12.2. The Morgan fingerprint density at radius 2 is 1.79 bits per heavy atom. The predicted molar refractivity (Wildman–Crippen MR) is 94.3 cm³/mol. The third-order valence-electron chi connectivity index (χ3n) is 4.07. The Kier molecular flexibility index (Phi) is 5.39. The van der Waals surface area contributed by atoms with Gasteiger partial charge in [0.15, 0.2) is 0 Å². The third kappa shape index (κ3) is 4.69. The molecule has 0 saturated carbocycles. The monoisotopic (exact) mass is 325 g/mol. The lowest BCUT2D eigenvalue weighted by Gasteiger charge is -2.26. The fourth-order valence-electron chi connectivity index (χ4n) is 2.55. The van der Waals surface area contributed by atoms with Gasteiger partial charge in [0.25, 0.3) is 0 Å². The summed E-state index contributed by atoms with van der Waals surface area (Å²) in [5, 5.41) is 12.0. The summed E-state index contributed by atoms with van der Waals surface area (Å²) in [4.78, 5) is 23.2. The highest BCUT2D eigenvalue weighted by atomic mass is 16.4. The minimum Gasteiger partial charge on any atom is -0.478 e. The number of carbonyl (C=O) groups is 2. The van der Waals surface area contributed by atoms with Gasteiger partial charge >= 0.3 is 5.97 Å². The molecular weight excluding hydrogens is 302 g/mol. The molecule has 0 saturated heterocycles. The van der Waals surface area contributed by atoms with Crippen LogP contribution in [0.2, 0.25) is 0 Å². The molecule has 2 N–H and O–H groups in total. The van der Waals surface area contributed by atoms with E-state index in [1.165, 1.54) is 23.3 Å². The zero-order valence-corrected chi connectivity index (χ0v) is 14.3. The average molecular weight is 325 g/mol. The molecule has 0 aromatic heterocycles. The minimum absolute atomic E-state index is 0.113. The van der Waals surface area contributed by atoms with Crippen LogP contribution < -0.4 is 5.32 Å². The maximum Gasteiger partial charge on any atom is 0.335 e. The molecule has 0 radical (unpaired) electrons. The molecule has 4 heteroatoms. The Morgan fingerprint density at radius 3 is 2.46 bits per heavy atom. The number of benzene rings is 2. The quantitative estimate of drug-likeness (QED) is 0.856. The predicted octanol–water partition coefficient (Wildman–Crippen LogP) is 3.33. The van der Waals surface area contributed by atoms with Gasteiger partial charge in [0, 0.05) is 12.0 Å². The summed E-state index contributed by atoms with van der Waals surface area (Å²) >= 11 is 0. The first-order valence-corrected chi connectivity index (χ1v) is 7.94. The van der Waals surface area contributed by atoms with Crippen LogP contribution in [0.5, 0.6) is 0 Å². The molecule has 2 aromatic rings. The minimum atomic E-state index is -0.988. The van der Waals surface area contributed by atoms with Crippen LogP contribution in [0.15, 0.2) is 48.5 Å². The van der Waals surface area contributed by atoms with E-state index in [0.29, 0.717) is 12.1 Å². The summed E-state index contributed by atoms with van der Waals surface area (Å²) < 4.78 is 0. The largest absolute Gasteiger partial charge is 0.478 e. The van der Waals surface area contributed by atoms with E-state index in [0.717, 1.165) is 0 Å². The number of hydrogen-bond acceptors (Lipinski definition) is 2. The van der Waals surface area contributed by atoms with Gasteiger partial charge in [-0.2, -0.15) is 0 Å². The second kappa shape index (κ2) is 7.30. The number of nitrogens with one attached hydrogen (secondary N) is 1. The Labute approximate surface area is 142 Å². The van der Waals surface area contributed by atoms with E-state index in [1.807, 2.05) is 19.1 Å². The first-order chi connectivity index (χ1) is 11.3. The molecule has 4 nitrogen and oxygen atoms in total. The summed E-state index contributed by atoms with van der Waals surface area (Å²) in [6, 6.07) is 14.7. The lowest BCUT2D eigenvalue weighted by Crippen LogP contribution is -2.37. The molecule has 0 fully saturated rings. The van der Waals surface area contributed by atoms with Crippen molar-refractivity contribution in [3.8, 4) is 0 Å². The molecule has 0 spiro atoms. The molecule has 0 unspecified atom stereocenters. The molecule has 2 aromatic carbocycles. The normalized spacial score (nSPS) is 11.1. The summed E-state index contributed by atoms with van der Waals surface area (Å²) in [5.74, 6) is -1.10. The van der Waals surface area contributed by atoms with Crippen molar-refractivity contribution in [2.45, 2.75) is 32.6 Å². The van der Waals surface area contributed by atoms with Gasteiger partial charge in [-0.1, -0.05) is 55.8 Å². The maximum atomic E-state index is 12.2. The Balaban J connectivity index is 1.97. The lowest BCUT2D eigenvalue weighted by molar-refractivity contribution is -0.120. The highest BCUT2D eigenvalue weighted by Gasteiger charge is 2.21. The van der Waals surface area contributed by atoms with Crippen molar-refractivity contribution in [2.24, 2.45) is 0 Å². The van der Waals surface area contributed by atoms with Gasteiger partial charge in [0.2, 0.25) is 5.91 Å². The van der Waals surface area contributed by atoms with Gasteiger partial charge in [-0.3, -0.25) is 4.79 Å². The van der Waals surface area contributed by atoms with Crippen LogP contribution in [-0.4, -0.2) is 23.5 Å². The van der Waals surface area contributed by atoms with Gasteiger partial charge in [-0.05, 0) is 30.2 Å². The standard InChI is InChI=1S/C20H23NO3/c1-14-6-4-9-17(10-14)20(2,3)13-21-18(22)12-15-7-5-8-16(11-15)19(23)24/h4-11H,12-13H2,1-3H3,(H,21,22)(H,23,24). The number of aryl methyl sites for hydroxylation is 1. The van der Waals surface area contributed by atoms with Gasteiger partial charge < -0.3 is 10.4 Å². The molecule has 1 amide bonds. The Bertz CT molecular complexity index is 750.